The molecule has 0 aromatic heterocycles. The van der Waals surface area contributed by atoms with Gasteiger partial charge in [-0.2, -0.15) is 0 Å². The molecule has 1 saturated heterocycles. The summed E-state index contributed by atoms with van der Waals surface area (Å²) in [7, 11) is 1.83. The van der Waals surface area contributed by atoms with Crippen molar-refractivity contribution in [2.24, 2.45) is 10.9 Å². The van der Waals surface area contributed by atoms with Crippen LogP contribution in [-0.2, 0) is 0 Å². The molecule has 1 aliphatic heterocycles. The summed E-state index contributed by atoms with van der Waals surface area (Å²) in [5, 5.41) is 3.24. The summed E-state index contributed by atoms with van der Waals surface area (Å²) in [5.41, 5.74) is 0. The van der Waals surface area contributed by atoms with Crippen LogP contribution in [0.2, 0.25) is 0 Å². The number of rotatable bonds is 3. The highest BCUT2D eigenvalue weighted by atomic mass is 14.9. The van der Waals surface area contributed by atoms with Gasteiger partial charge in [0, 0.05) is 7.05 Å². The fraction of sp³-hybridized carbons (Fsp3) is 0.857. The Kier molecular flexibility index (Phi) is 2.71. The van der Waals surface area contributed by atoms with E-state index in [4.69, 9.17) is 0 Å². The van der Waals surface area contributed by atoms with Gasteiger partial charge in [-0.05, 0) is 38.1 Å². The normalized spacial score (nSPS) is 20.6. The summed E-state index contributed by atoms with van der Waals surface area (Å²) in [6.07, 6.45) is 4.46. The van der Waals surface area contributed by atoms with Gasteiger partial charge >= 0.3 is 0 Å². The van der Waals surface area contributed by atoms with Crippen molar-refractivity contribution in [3.05, 3.63) is 0 Å². The van der Waals surface area contributed by atoms with Crippen LogP contribution >= 0.6 is 0 Å². The van der Waals surface area contributed by atoms with E-state index in [2.05, 4.69) is 10.3 Å². The molecule has 0 aromatic carbocycles. The summed E-state index contributed by atoms with van der Waals surface area (Å²) in [5.74, 6) is 0.933. The number of nitrogens with one attached hydrogen (secondary N) is 1. The molecule has 1 rings (SSSR count). The predicted octanol–water partition coefficient (Wildman–Crippen LogP) is 0.687. The number of hydrogen-bond donors (Lipinski definition) is 1. The fourth-order valence-corrected chi connectivity index (χ4v) is 0.992. The lowest BCUT2D eigenvalue weighted by molar-refractivity contribution is 0.333. The topological polar surface area (TPSA) is 24.4 Å². The van der Waals surface area contributed by atoms with E-state index < -0.39 is 0 Å². The molecule has 0 atom stereocenters. The molecule has 1 fully saturated rings. The molecular formula is C7H14N2. The lowest BCUT2D eigenvalue weighted by Crippen LogP contribution is -2.41. The lowest BCUT2D eigenvalue weighted by Gasteiger charge is -2.26. The number of nitrogens with zero attached hydrogens (tertiary/aromatic N) is 1. The van der Waals surface area contributed by atoms with Crippen LogP contribution in [0.1, 0.15) is 12.8 Å². The predicted molar refractivity (Wildman–Crippen MR) is 40.0 cm³/mol. The van der Waals surface area contributed by atoms with Crippen LogP contribution in [0.3, 0.4) is 0 Å². The smallest absolute Gasteiger partial charge is 0.0273 e. The highest BCUT2D eigenvalue weighted by Gasteiger charge is 2.14. The molecule has 0 amide bonds. The maximum absolute atomic E-state index is 3.92. The third kappa shape index (κ3) is 2.14. The van der Waals surface area contributed by atoms with Gasteiger partial charge in [-0.25, -0.2) is 0 Å². The highest BCUT2D eigenvalue weighted by molar-refractivity contribution is 5.56. The van der Waals surface area contributed by atoms with Crippen LogP contribution < -0.4 is 5.32 Å². The zero-order valence-electron chi connectivity index (χ0n) is 5.93. The first kappa shape index (κ1) is 6.75. The zero-order chi connectivity index (χ0) is 6.53. The third-order valence-electron chi connectivity index (χ3n) is 1.75. The van der Waals surface area contributed by atoms with E-state index in [1.807, 2.05) is 13.3 Å². The van der Waals surface area contributed by atoms with Crippen molar-refractivity contribution < 1.29 is 0 Å². The van der Waals surface area contributed by atoms with E-state index in [-0.39, 0.29) is 0 Å². The largest absolute Gasteiger partial charge is 0.316 e. The Balaban J connectivity index is 1.91. The molecule has 0 spiro atoms. The Labute approximate surface area is 56.4 Å². The minimum Gasteiger partial charge on any atom is -0.316 e. The molecule has 0 bridgehead atoms. The van der Waals surface area contributed by atoms with Gasteiger partial charge in [0.25, 0.3) is 0 Å². The molecule has 52 valence electrons. The summed E-state index contributed by atoms with van der Waals surface area (Å²) in [4.78, 5) is 3.92. The van der Waals surface area contributed by atoms with E-state index >= 15 is 0 Å². The molecule has 0 radical (unpaired) electrons. The monoisotopic (exact) mass is 126 g/mol. The average molecular weight is 126 g/mol. The van der Waals surface area contributed by atoms with Gasteiger partial charge in [-0.3, -0.25) is 0 Å². The summed E-state index contributed by atoms with van der Waals surface area (Å²) in [6, 6.07) is 0. The standard InChI is InChI=1S/C7H14N2/c1-8-4-2-3-7-5-9-6-7/h4,7,9H,2-3,5-6H2,1H3. The van der Waals surface area contributed by atoms with E-state index in [1.54, 1.807) is 0 Å². The average Bonchev–Trinajstić information content (AvgIpc) is 1.76. The maximum atomic E-state index is 3.92. The number of hydrogen-bond acceptors (Lipinski definition) is 2. The third-order valence-corrected chi connectivity index (χ3v) is 1.75. The zero-order valence-corrected chi connectivity index (χ0v) is 5.93. The molecule has 0 unspecified atom stereocenters. The second-order valence-electron chi connectivity index (χ2n) is 2.54. The Morgan fingerprint density at radius 3 is 2.89 bits per heavy atom. The van der Waals surface area contributed by atoms with Gasteiger partial charge in [0.2, 0.25) is 0 Å². The van der Waals surface area contributed by atoms with Gasteiger partial charge < -0.3 is 10.3 Å². The quantitative estimate of drug-likeness (QED) is 0.553. The first-order valence-corrected chi connectivity index (χ1v) is 3.55. The SMILES string of the molecule is CN=CCCC1CNC1. The summed E-state index contributed by atoms with van der Waals surface area (Å²) in [6.45, 7) is 2.44. The van der Waals surface area contributed by atoms with E-state index in [1.165, 1.54) is 19.5 Å². The van der Waals surface area contributed by atoms with Gasteiger partial charge in [-0.1, -0.05) is 0 Å². The minimum absolute atomic E-state index is 0.933. The molecule has 1 aliphatic rings. The van der Waals surface area contributed by atoms with Crippen LogP contribution in [0.5, 0.6) is 0 Å². The molecule has 1 heterocycles. The second-order valence-corrected chi connectivity index (χ2v) is 2.54. The van der Waals surface area contributed by atoms with Crippen molar-refractivity contribution in [3.63, 3.8) is 0 Å². The fourth-order valence-electron chi connectivity index (χ4n) is 0.992. The van der Waals surface area contributed by atoms with Gasteiger partial charge in [-0.15, -0.1) is 0 Å². The van der Waals surface area contributed by atoms with Crippen molar-refractivity contribution in [1.82, 2.24) is 5.32 Å². The molecule has 2 nitrogen and oxygen atoms in total. The molecular weight excluding hydrogens is 112 g/mol. The molecule has 1 N–H and O–H groups in total. The molecule has 0 saturated carbocycles. The molecule has 9 heavy (non-hydrogen) atoms. The molecule has 0 aromatic rings. The lowest BCUT2D eigenvalue weighted by atomic mass is 9.98. The molecule has 2 heteroatoms. The van der Waals surface area contributed by atoms with Crippen LogP contribution in [0.15, 0.2) is 4.99 Å². The van der Waals surface area contributed by atoms with Crippen molar-refractivity contribution in [2.45, 2.75) is 12.8 Å². The maximum Gasteiger partial charge on any atom is 0.0273 e. The van der Waals surface area contributed by atoms with E-state index in [0.717, 1.165) is 12.3 Å². The Morgan fingerprint density at radius 2 is 2.44 bits per heavy atom. The summed E-state index contributed by atoms with van der Waals surface area (Å²) < 4.78 is 0. The van der Waals surface area contributed by atoms with Gasteiger partial charge in [0.05, 0.1) is 0 Å². The molecule has 0 aliphatic carbocycles. The van der Waals surface area contributed by atoms with Crippen LogP contribution in [0, 0.1) is 5.92 Å². The Hall–Kier alpha value is -0.370. The Bertz CT molecular complexity index is 95.1. The summed E-state index contributed by atoms with van der Waals surface area (Å²) >= 11 is 0. The van der Waals surface area contributed by atoms with Crippen molar-refractivity contribution in [1.29, 1.82) is 0 Å². The van der Waals surface area contributed by atoms with Crippen molar-refractivity contribution in [2.75, 3.05) is 20.1 Å². The number of aliphatic imine (C=N–C) groups is 1. The van der Waals surface area contributed by atoms with Crippen LogP contribution in [0.4, 0.5) is 0 Å². The first-order valence-electron chi connectivity index (χ1n) is 3.55. The Morgan fingerprint density at radius 1 is 1.67 bits per heavy atom. The van der Waals surface area contributed by atoms with Crippen LogP contribution in [0.25, 0.3) is 0 Å². The van der Waals surface area contributed by atoms with Gasteiger partial charge in [0.15, 0.2) is 0 Å². The van der Waals surface area contributed by atoms with Crippen molar-refractivity contribution in [3.8, 4) is 0 Å². The van der Waals surface area contributed by atoms with Gasteiger partial charge in [0.1, 0.15) is 0 Å². The first-order chi connectivity index (χ1) is 4.43. The van der Waals surface area contributed by atoms with E-state index in [9.17, 15) is 0 Å². The highest BCUT2D eigenvalue weighted by Crippen LogP contribution is 2.08. The van der Waals surface area contributed by atoms with E-state index in [0.29, 0.717) is 0 Å². The van der Waals surface area contributed by atoms with Crippen LogP contribution in [-0.4, -0.2) is 26.4 Å². The second kappa shape index (κ2) is 3.62. The van der Waals surface area contributed by atoms with Crippen molar-refractivity contribution >= 4 is 6.21 Å². The minimum atomic E-state index is 0.933.